The molecule has 0 spiro atoms. The van der Waals surface area contributed by atoms with E-state index in [-0.39, 0.29) is 24.5 Å². The van der Waals surface area contributed by atoms with Gasteiger partial charge in [0.15, 0.2) is 0 Å². The molecule has 3 N–H and O–H groups in total. The second kappa shape index (κ2) is 15.6. The number of urea groups is 1. The number of ketones is 1. The number of benzene rings is 1. The summed E-state index contributed by atoms with van der Waals surface area (Å²) in [6.07, 6.45) is 4.82. The molecule has 2 saturated heterocycles. The molecule has 0 saturated carbocycles. The number of Topliss-reactive ketones (excluding diaryl/α,β-unsaturated/α-hetero) is 1. The normalized spacial score (nSPS) is 17.6. The van der Waals surface area contributed by atoms with Crippen molar-refractivity contribution >= 4 is 23.9 Å². The summed E-state index contributed by atoms with van der Waals surface area (Å²) in [4.78, 5) is 50.9. The lowest BCUT2D eigenvalue weighted by atomic mass is 9.78. The summed E-state index contributed by atoms with van der Waals surface area (Å²) in [6, 6.07) is 9.75. The van der Waals surface area contributed by atoms with Crippen LogP contribution in [-0.4, -0.2) is 85.7 Å². The first-order chi connectivity index (χ1) is 18.9. The van der Waals surface area contributed by atoms with Crippen molar-refractivity contribution in [2.75, 3.05) is 46.4 Å². The van der Waals surface area contributed by atoms with Crippen molar-refractivity contribution in [1.29, 1.82) is 0 Å². The Balaban J connectivity index is 0.000000286. The van der Waals surface area contributed by atoms with Gasteiger partial charge in [0.1, 0.15) is 16.8 Å². The van der Waals surface area contributed by atoms with Crippen LogP contribution in [-0.2, 0) is 25.5 Å². The Morgan fingerprint density at radius 1 is 1.07 bits per heavy atom. The second-order valence-electron chi connectivity index (χ2n) is 11.6. The van der Waals surface area contributed by atoms with Crippen molar-refractivity contribution in [1.82, 2.24) is 15.1 Å². The van der Waals surface area contributed by atoms with Crippen LogP contribution in [0.15, 0.2) is 30.3 Å². The van der Waals surface area contributed by atoms with Crippen LogP contribution in [0.1, 0.15) is 65.4 Å². The summed E-state index contributed by atoms with van der Waals surface area (Å²) < 4.78 is 10.1. The molecule has 1 aromatic carbocycles. The van der Waals surface area contributed by atoms with Gasteiger partial charge in [-0.25, -0.2) is 9.59 Å². The van der Waals surface area contributed by atoms with Gasteiger partial charge in [-0.2, -0.15) is 0 Å². The highest BCUT2D eigenvalue weighted by Crippen LogP contribution is 2.26. The van der Waals surface area contributed by atoms with Crippen LogP contribution in [0.25, 0.3) is 0 Å². The van der Waals surface area contributed by atoms with Crippen LogP contribution < -0.4 is 11.1 Å². The molecule has 224 valence electrons. The number of carbonyl (C=O) groups is 4. The Morgan fingerprint density at radius 3 is 2.25 bits per heavy atom. The summed E-state index contributed by atoms with van der Waals surface area (Å²) in [6.45, 7) is 11.0. The molecule has 1 atom stereocenters. The Bertz CT molecular complexity index is 972. The van der Waals surface area contributed by atoms with Crippen molar-refractivity contribution in [3.63, 3.8) is 0 Å². The third-order valence-electron chi connectivity index (χ3n) is 7.52. The van der Waals surface area contributed by atoms with Crippen LogP contribution in [0.2, 0.25) is 0 Å². The third-order valence-corrected chi connectivity index (χ3v) is 7.52. The highest BCUT2D eigenvalue weighted by molar-refractivity contribution is 6.03. The molecule has 3 amide bonds. The second-order valence-corrected chi connectivity index (χ2v) is 11.6. The van der Waals surface area contributed by atoms with Crippen LogP contribution >= 0.6 is 0 Å². The molecule has 0 aliphatic carbocycles. The number of aryl methyl sites for hydroxylation is 1. The number of likely N-dealkylation sites (tertiary alicyclic amines) is 1. The summed E-state index contributed by atoms with van der Waals surface area (Å²) >= 11 is 0. The van der Waals surface area contributed by atoms with E-state index in [1.807, 2.05) is 56.0 Å². The first-order valence-electron chi connectivity index (χ1n) is 14.3. The Kier molecular flexibility index (Phi) is 12.9. The number of nitrogens with zero attached hydrogens (tertiary/aromatic N) is 2. The predicted molar refractivity (Wildman–Crippen MR) is 154 cm³/mol. The number of ether oxygens (including phenoxy) is 2. The molecule has 2 heterocycles. The van der Waals surface area contributed by atoms with Gasteiger partial charge >= 0.3 is 18.1 Å². The Morgan fingerprint density at radius 2 is 1.73 bits per heavy atom. The van der Waals surface area contributed by atoms with Gasteiger partial charge in [-0.1, -0.05) is 30.3 Å². The maximum Gasteiger partial charge on any atom is 0.410 e. The molecule has 1 aromatic rings. The molecule has 0 unspecified atom stereocenters. The van der Waals surface area contributed by atoms with Crippen molar-refractivity contribution < 1.29 is 28.7 Å². The lowest BCUT2D eigenvalue weighted by Gasteiger charge is -2.34. The first kappa shape index (κ1) is 33.1. The maximum absolute atomic E-state index is 12.0. The van der Waals surface area contributed by atoms with Crippen LogP contribution in [0.4, 0.5) is 9.59 Å². The van der Waals surface area contributed by atoms with Crippen molar-refractivity contribution in [2.24, 2.45) is 17.1 Å². The number of nitrogens with two attached hydrogens (primary N) is 1. The molecule has 0 aromatic heterocycles. The SMILES string of the molecule is CC(C)(C)OC(=O)N1CCC(CCN2CCCNC2=O)CC1.COC(=O)[C@@](CN)(CCc1ccccc1)C(C)=O. The molecule has 40 heavy (non-hydrogen) atoms. The minimum absolute atomic E-state index is 0.0260. The summed E-state index contributed by atoms with van der Waals surface area (Å²) in [5, 5.41) is 2.88. The highest BCUT2D eigenvalue weighted by atomic mass is 16.6. The fourth-order valence-electron chi connectivity index (χ4n) is 4.91. The molecule has 2 aliphatic rings. The zero-order chi connectivity index (χ0) is 29.8. The number of rotatable bonds is 9. The number of methoxy groups -OCH3 is 1. The predicted octanol–water partition coefficient (Wildman–Crippen LogP) is 3.77. The molecule has 0 bridgehead atoms. The molecule has 0 radical (unpaired) electrons. The van der Waals surface area contributed by atoms with E-state index in [0.717, 1.165) is 64.0 Å². The summed E-state index contributed by atoms with van der Waals surface area (Å²) in [5.74, 6) is -0.199. The lowest BCUT2D eigenvalue weighted by Crippen LogP contribution is -2.47. The molecule has 2 fully saturated rings. The molecule has 10 heteroatoms. The molecule has 2 aliphatic heterocycles. The van der Waals surface area contributed by atoms with Crippen molar-refractivity contribution in [3.8, 4) is 0 Å². The van der Waals surface area contributed by atoms with Crippen LogP contribution in [0, 0.1) is 11.3 Å². The van der Waals surface area contributed by atoms with Gasteiger partial charge in [0, 0.05) is 39.3 Å². The average molecular weight is 561 g/mol. The number of carbonyl (C=O) groups excluding carboxylic acids is 4. The van der Waals surface area contributed by atoms with Gasteiger partial charge in [-0.3, -0.25) is 9.59 Å². The van der Waals surface area contributed by atoms with E-state index in [1.54, 1.807) is 4.90 Å². The Labute approximate surface area is 238 Å². The van der Waals surface area contributed by atoms with E-state index in [9.17, 15) is 19.2 Å². The van der Waals surface area contributed by atoms with Crippen LogP contribution in [0.5, 0.6) is 0 Å². The molecule has 10 nitrogen and oxygen atoms in total. The minimum Gasteiger partial charge on any atom is -0.468 e. The lowest BCUT2D eigenvalue weighted by molar-refractivity contribution is -0.157. The van der Waals surface area contributed by atoms with E-state index in [2.05, 4.69) is 5.32 Å². The standard InChI is InChI=1S/C16H29N3O3.C14H19NO3/c1-16(2,3)22-15(21)19-11-6-13(7-12-19)5-10-18-9-4-8-17-14(18)20;1-11(16)14(10-15,13(17)18-2)9-8-12-6-4-3-5-7-12/h13H,4-12H2,1-3H3,(H,17,20);3-7H,8-10,15H2,1-2H3/t;14-/m.1/s1. The van der Waals surface area contributed by atoms with Gasteiger partial charge in [-0.05, 0) is 77.7 Å². The van der Waals surface area contributed by atoms with E-state index in [4.69, 9.17) is 15.2 Å². The number of hydrogen-bond donors (Lipinski definition) is 2. The number of amides is 3. The van der Waals surface area contributed by atoms with Gasteiger partial charge in [0.25, 0.3) is 0 Å². The topological polar surface area (TPSA) is 131 Å². The largest absolute Gasteiger partial charge is 0.468 e. The Hall–Kier alpha value is -3.14. The quantitative estimate of drug-likeness (QED) is 0.347. The first-order valence-corrected chi connectivity index (χ1v) is 14.3. The highest BCUT2D eigenvalue weighted by Gasteiger charge is 2.42. The number of hydrogen-bond acceptors (Lipinski definition) is 7. The van der Waals surface area contributed by atoms with Crippen molar-refractivity contribution in [2.45, 2.75) is 71.8 Å². The molecule has 3 rings (SSSR count). The summed E-state index contributed by atoms with van der Waals surface area (Å²) in [7, 11) is 1.28. The number of nitrogens with one attached hydrogen (secondary N) is 1. The minimum atomic E-state index is -1.22. The maximum atomic E-state index is 12.0. The van der Waals surface area contributed by atoms with E-state index < -0.39 is 17.0 Å². The van der Waals surface area contributed by atoms with Crippen molar-refractivity contribution in [3.05, 3.63) is 35.9 Å². The van der Waals surface area contributed by atoms with Gasteiger partial charge in [0.2, 0.25) is 0 Å². The van der Waals surface area contributed by atoms with Gasteiger partial charge in [-0.15, -0.1) is 0 Å². The number of esters is 1. The van der Waals surface area contributed by atoms with Gasteiger partial charge < -0.3 is 30.3 Å². The van der Waals surface area contributed by atoms with E-state index in [0.29, 0.717) is 18.8 Å². The monoisotopic (exact) mass is 560 g/mol. The zero-order valence-electron chi connectivity index (χ0n) is 24.9. The van der Waals surface area contributed by atoms with Crippen LogP contribution in [0.3, 0.4) is 0 Å². The molecular weight excluding hydrogens is 512 g/mol. The smallest absolute Gasteiger partial charge is 0.410 e. The molecular formula is C30H48N4O6. The van der Waals surface area contributed by atoms with E-state index in [1.165, 1.54) is 14.0 Å². The third kappa shape index (κ3) is 10.1. The fourth-order valence-corrected chi connectivity index (χ4v) is 4.91. The van der Waals surface area contributed by atoms with E-state index >= 15 is 0 Å². The number of piperidine rings is 1. The average Bonchev–Trinajstić information content (AvgIpc) is 2.93. The van der Waals surface area contributed by atoms with Gasteiger partial charge in [0.05, 0.1) is 7.11 Å². The zero-order valence-corrected chi connectivity index (χ0v) is 24.9. The summed E-state index contributed by atoms with van der Waals surface area (Å²) in [5.41, 5.74) is 5.04. The fraction of sp³-hybridized carbons (Fsp3) is 0.667.